The fourth-order valence-corrected chi connectivity index (χ4v) is 5.10. The van der Waals surface area contributed by atoms with Crippen LogP contribution in [0.3, 0.4) is 0 Å². The monoisotopic (exact) mass is 248 g/mol. The molecule has 0 aromatic rings. The zero-order chi connectivity index (χ0) is 12.1. The summed E-state index contributed by atoms with van der Waals surface area (Å²) >= 11 is 0. The molecule has 0 unspecified atom stereocenters. The fraction of sp³-hybridized carbons (Fsp3) is 0.933. The molecule has 0 spiro atoms. The molecule has 2 bridgehead atoms. The summed E-state index contributed by atoms with van der Waals surface area (Å²) in [5.41, 5.74) is 0. The van der Waals surface area contributed by atoms with Gasteiger partial charge in [0.2, 0.25) is 5.91 Å². The van der Waals surface area contributed by atoms with E-state index in [1.165, 1.54) is 45.2 Å². The van der Waals surface area contributed by atoms with Gasteiger partial charge in [0.05, 0.1) is 0 Å². The molecule has 18 heavy (non-hydrogen) atoms. The quantitative estimate of drug-likeness (QED) is 0.653. The summed E-state index contributed by atoms with van der Waals surface area (Å²) in [7, 11) is 0. The van der Waals surface area contributed by atoms with Gasteiger partial charge in [-0.15, -0.1) is 0 Å². The fourth-order valence-electron chi connectivity index (χ4n) is 5.10. The van der Waals surface area contributed by atoms with Crippen LogP contribution in [-0.2, 0) is 4.79 Å². The van der Waals surface area contributed by atoms with E-state index >= 15 is 0 Å². The summed E-state index contributed by atoms with van der Waals surface area (Å²) in [6, 6.07) is 1.39. The summed E-state index contributed by atoms with van der Waals surface area (Å²) in [5.74, 6) is 2.01. The van der Waals surface area contributed by atoms with Gasteiger partial charge in [-0.3, -0.25) is 9.69 Å². The van der Waals surface area contributed by atoms with Crippen LogP contribution in [0.1, 0.15) is 44.9 Å². The number of nitrogens with zero attached hydrogens (tertiary/aromatic N) is 2. The van der Waals surface area contributed by atoms with Crippen molar-refractivity contribution in [3.63, 3.8) is 0 Å². The Morgan fingerprint density at radius 2 is 1.78 bits per heavy atom. The van der Waals surface area contributed by atoms with E-state index < -0.39 is 0 Å². The van der Waals surface area contributed by atoms with Gasteiger partial charge in [-0.25, -0.2) is 0 Å². The Kier molecular flexibility index (Phi) is 2.65. The first-order valence-electron chi connectivity index (χ1n) is 7.86. The maximum Gasteiger partial charge on any atom is 0.222 e. The molecule has 0 aromatic heterocycles. The van der Waals surface area contributed by atoms with Crippen LogP contribution in [0, 0.1) is 11.8 Å². The second-order valence-electron chi connectivity index (χ2n) is 6.82. The molecule has 0 N–H and O–H groups in total. The predicted octanol–water partition coefficient (Wildman–Crippen LogP) is 1.87. The van der Waals surface area contributed by atoms with Crippen molar-refractivity contribution in [2.24, 2.45) is 11.8 Å². The van der Waals surface area contributed by atoms with Crippen molar-refractivity contribution < 1.29 is 4.79 Å². The molecule has 0 radical (unpaired) electrons. The van der Waals surface area contributed by atoms with Crippen LogP contribution in [0.4, 0.5) is 0 Å². The van der Waals surface area contributed by atoms with Gasteiger partial charge in [-0.1, -0.05) is 6.42 Å². The smallest absolute Gasteiger partial charge is 0.222 e. The van der Waals surface area contributed by atoms with E-state index in [2.05, 4.69) is 9.80 Å². The molecular weight excluding hydrogens is 224 g/mol. The van der Waals surface area contributed by atoms with E-state index in [4.69, 9.17) is 0 Å². The van der Waals surface area contributed by atoms with E-state index in [0.717, 1.165) is 37.3 Å². The predicted molar refractivity (Wildman–Crippen MR) is 70.2 cm³/mol. The van der Waals surface area contributed by atoms with Crippen LogP contribution in [0.15, 0.2) is 0 Å². The van der Waals surface area contributed by atoms with Crippen LogP contribution in [0.2, 0.25) is 0 Å². The number of amides is 1. The number of hydrogen-bond donors (Lipinski definition) is 0. The van der Waals surface area contributed by atoms with Gasteiger partial charge in [0.25, 0.3) is 0 Å². The number of hydrogen-bond acceptors (Lipinski definition) is 2. The minimum atomic E-state index is 0.449. The van der Waals surface area contributed by atoms with E-state index in [-0.39, 0.29) is 0 Å². The Balaban J connectivity index is 1.59. The van der Waals surface area contributed by atoms with E-state index in [9.17, 15) is 4.79 Å². The summed E-state index contributed by atoms with van der Waals surface area (Å²) < 4.78 is 0. The van der Waals surface area contributed by atoms with Gasteiger partial charge < -0.3 is 4.90 Å². The minimum absolute atomic E-state index is 0.449. The molecule has 0 saturated carbocycles. The lowest BCUT2D eigenvalue weighted by Gasteiger charge is -2.56. The van der Waals surface area contributed by atoms with Crippen molar-refractivity contribution in [2.75, 3.05) is 19.6 Å². The highest BCUT2D eigenvalue weighted by Crippen LogP contribution is 2.42. The minimum Gasteiger partial charge on any atom is -0.339 e. The molecule has 0 aromatic carbocycles. The van der Waals surface area contributed by atoms with Gasteiger partial charge in [0, 0.05) is 31.6 Å². The molecule has 0 aliphatic carbocycles. The highest BCUT2D eigenvalue weighted by atomic mass is 16.2. The molecular formula is C15H24N2O. The molecule has 4 aliphatic rings. The van der Waals surface area contributed by atoms with Gasteiger partial charge >= 0.3 is 0 Å². The number of carbonyl (C=O) groups is 1. The number of fused-ring (bicyclic) bond motifs is 6. The first-order chi connectivity index (χ1) is 8.83. The molecule has 4 aliphatic heterocycles. The molecule has 4 atom stereocenters. The van der Waals surface area contributed by atoms with Crippen molar-refractivity contribution in [2.45, 2.75) is 57.0 Å². The van der Waals surface area contributed by atoms with Gasteiger partial charge in [0.1, 0.15) is 0 Å². The molecule has 4 heterocycles. The van der Waals surface area contributed by atoms with Crippen molar-refractivity contribution in [1.82, 2.24) is 9.80 Å². The van der Waals surface area contributed by atoms with E-state index in [1.807, 2.05) is 0 Å². The van der Waals surface area contributed by atoms with E-state index in [1.54, 1.807) is 0 Å². The second kappa shape index (κ2) is 4.22. The van der Waals surface area contributed by atoms with Crippen LogP contribution in [0.25, 0.3) is 0 Å². The third kappa shape index (κ3) is 1.63. The Morgan fingerprint density at radius 1 is 0.944 bits per heavy atom. The lowest BCUT2D eigenvalue weighted by molar-refractivity contribution is -0.148. The summed E-state index contributed by atoms with van der Waals surface area (Å²) in [6.07, 6.45) is 8.78. The number of rotatable bonds is 0. The Morgan fingerprint density at radius 3 is 2.72 bits per heavy atom. The number of piperidine rings is 4. The zero-order valence-corrected chi connectivity index (χ0v) is 11.2. The van der Waals surface area contributed by atoms with Crippen molar-refractivity contribution in [3.8, 4) is 0 Å². The highest BCUT2D eigenvalue weighted by molar-refractivity contribution is 5.77. The molecule has 1 amide bonds. The van der Waals surface area contributed by atoms with Crippen LogP contribution in [0.5, 0.6) is 0 Å². The molecule has 4 rings (SSSR count). The third-order valence-electron chi connectivity index (χ3n) is 5.87. The average Bonchev–Trinajstić information content (AvgIpc) is 2.40. The molecule has 3 heteroatoms. The standard InChI is InChI=1S/C15H24N2O/c18-15-6-3-5-14-11-8-12(10-17(14)15)13-4-1-2-7-16(13)9-11/h11-14H,1-10H2/t11-,12-,13+,14-/m0/s1. The summed E-state index contributed by atoms with van der Waals surface area (Å²) in [6.45, 7) is 3.66. The highest BCUT2D eigenvalue weighted by Gasteiger charge is 2.47. The average molecular weight is 248 g/mol. The molecule has 3 nitrogen and oxygen atoms in total. The number of carbonyl (C=O) groups excluding carboxylic acids is 1. The normalized spacial score (nSPS) is 44.4. The maximum atomic E-state index is 12.1. The zero-order valence-electron chi connectivity index (χ0n) is 11.2. The van der Waals surface area contributed by atoms with Gasteiger partial charge in [-0.05, 0) is 50.5 Å². The second-order valence-corrected chi connectivity index (χ2v) is 6.82. The largest absolute Gasteiger partial charge is 0.339 e. The first-order valence-corrected chi connectivity index (χ1v) is 7.86. The summed E-state index contributed by atoms with van der Waals surface area (Å²) in [5, 5.41) is 0. The lowest BCUT2D eigenvalue weighted by atomic mass is 9.71. The SMILES string of the molecule is O=C1CCC[C@H]2[C@H]3C[C@@H](CN12)[C@H]1CCCCN1C3. The van der Waals surface area contributed by atoms with Gasteiger partial charge in [0.15, 0.2) is 0 Å². The Hall–Kier alpha value is -0.570. The van der Waals surface area contributed by atoms with Crippen molar-refractivity contribution in [3.05, 3.63) is 0 Å². The lowest BCUT2D eigenvalue weighted by Crippen LogP contribution is -2.64. The van der Waals surface area contributed by atoms with E-state index in [0.29, 0.717) is 11.9 Å². The van der Waals surface area contributed by atoms with Crippen molar-refractivity contribution in [1.29, 1.82) is 0 Å². The maximum absolute atomic E-state index is 12.1. The topological polar surface area (TPSA) is 23.6 Å². The van der Waals surface area contributed by atoms with Crippen LogP contribution >= 0.6 is 0 Å². The third-order valence-corrected chi connectivity index (χ3v) is 5.87. The summed E-state index contributed by atoms with van der Waals surface area (Å²) in [4.78, 5) is 17.2. The Bertz CT molecular complexity index is 356. The van der Waals surface area contributed by atoms with Gasteiger partial charge in [-0.2, -0.15) is 0 Å². The Labute approximate surface area is 110 Å². The molecule has 4 fully saturated rings. The van der Waals surface area contributed by atoms with Crippen LogP contribution in [-0.4, -0.2) is 47.4 Å². The van der Waals surface area contributed by atoms with Crippen molar-refractivity contribution >= 4 is 5.91 Å². The molecule has 100 valence electrons. The first kappa shape index (κ1) is 11.3. The molecule has 4 saturated heterocycles. The van der Waals surface area contributed by atoms with Crippen LogP contribution < -0.4 is 0 Å².